The first-order chi connectivity index (χ1) is 15.4. The average molecular weight is 432 g/mol. The van der Waals surface area contributed by atoms with Crippen molar-refractivity contribution in [3.63, 3.8) is 0 Å². The van der Waals surface area contributed by atoms with Gasteiger partial charge < -0.3 is 14.6 Å². The van der Waals surface area contributed by atoms with Crippen molar-refractivity contribution in [1.29, 1.82) is 0 Å². The van der Waals surface area contributed by atoms with Gasteiger partial charge in [-0.3, -0.25) is 4.79 Å². The lowest BCUT2D eigenvalue weighted by molar-refractivity contribution is -0.108. The number of halogens is 1. The fourth-order valence-electron chi connectivity index (χ4n) is 4.25. The number of hydrogen-bond acceptors (Lipinski definition) is 3. The summed E-state index contributed by atoms with van der Waals surface area (Å²) in [7, 11) is 1.61. The van der Waals surface area contributed by atoms with E-state index in [9.17, 15) is 14.0 Å². The van der Waals surface area contributed by atoms with E-state index in [2.05, 4.69) is 16.5 Å². The summed E-state index contributed by atoms with van der Waals surface area (Å²) >= 11 is 0. The molecule has 1 saturated carbocycles. The summed E-state index contributed by atoms with van der Waals surface area (Å²) in [6.45, 7) is 6.57. The van der Waals surface area contributed by atoms with Gasteiger partial charge in [0.25, 0.3) is 5.91 Å². The normalized spacial score (nSPS) is 16.7. The second-order valence-electron chi connectivity index (χ2n) is 8.40. The number of aliphatic imine (C=N–C) groups is 1. The molecule has 0 N–H and O–H groups in total. The Hall–Kier alpha value is -3.54. The summed E-state index contributed by atoms with van der Waals surface area (Å²) in [6.07, 6.45) is 6.14. The van der Waals surface area contributed by atoms with E-state index < -0.39 is 0 Å². The Labute approximate surface area is 187 Å². The Bertz CT molecular complexity index is 1150. The first-order valence-electron chi connectivity index (χ1n) is 10.6. The van der Waals surface area contributed by atoms with E-state index in [0.717, 1.165) is 30.9 Å². The van der Waals surface area contributed by atoms with Gasteiger partial charge in [-0.2, -0.15) is 0 Å². The van der Waals surface area contributed by atoms with E-state index >= 15 is 0 Å². The van der Waals surface area contributed by atoms with Crippen molar-refractivity contribution in [2.75, 3.05) is 25.0 Å². The topological polar surface area (TPSA) is 53.0 Å². The van der Waals surface area contributed by atoms with Crippen LogP contribution < -0.4 is 4.90 Å². The van der Waals surface area contributed by atoms with Crippen molar-refractivity contribution < 1.29 is 14.0 Å². The van der Waals surface area contributed by atoms with Crippen LogP contribution in [-0.4, -0.2) is 43.1 Å². The fourth-order valence-corrected chi connectivity index (χ4v) is 4.25. The lowest BCUT2D eigenvalue weighted by atomic mass is 9.97. The number of carbonyl (C=O) groups excluding carboxylic acids is 2. The highest BCUT2D eigenvalue weighted by atomic mass is 19.1. The molecule has 1 heterocycles. The summed E-state index contributed by atoms with van der Waals surface area (Å²) < 4.78 is 14.2. The molecule has 0 radical (unpaired) electrons. The average Bonchev–Trinajstić information content (AvgIpc) is 3.51. The zero-order valence-electron chi connectivity index (χ0n) is 18.3. The van der Waals surface area contributed by atoms with E-state index in [1.807, 2.05) is 25.1 Å². The number of hydrogen-bond donors (Lipinski definition) is 0. The molecule has 0 saturated heterocycles. The Morgan fingerprint density at radius 2 is 2.03 bits per heavy atom. The molecule has 2 aromatic carbocycles. The lowest BCUT2D eigenvalue weighted by Crippen LogP contribution is -2.30. The quantitative estimate of drug-likeness (QED) is 0.291. The molecule has 0 atom stereocenters. The molecule has 1 aliphatic carbocycles. The molecule has 1 spiro atoms. The number of benzene rings is 2. The minimum absolute atomic E-state index is 0.0508. The molecule has 32 heavy (non-hydrogen) atoms. The molecule has 1 aliphatic heterocycles. The van der Waals surface area contributed by atoms with Gasteiger partial charge in [0.15, 0.2) is 0 Å². The maximum atomic E-state index is 14.2. The zero-order chi connectivity index (χ0) is 22.9. The largest absolute Gasteiger partial charge is 0.335 e. The van der Waals surface area contributed by atoms with Gasteiger partial charge in [-0.15, -0.1) is 0 Å². The number of allylic oxidation sites excluding steroid dienone is 2. The van der Waals surface area contributed by atoms with Gasteiger partial charge in [-0.25, -0.2) is 9.38 Å². The van der Waals surface area contributed by atoms with Crippen LogP contribution in [0.5, 0.6) is 0 Å². The van der Waals surface area contributed by atoms with Crippen molar-refractivity contribution in [2.45, 2.75) is 25.2 Å². The SMILES string of the molecule is C=C/C(=C\N=C(C)N1CC2(CC2)c2ccc(C(=O)N(C)CC=O)cc21)c1ccccc1F. The Kier molecular flexibility index (Phi) is 5.78. The minimum atomic E-state index is -0.322. The van der Waals surface area contributed by atoms with Crippen LogP contribution in [-0.2, 0) is 10.2 Å². The van der Waals surface area contributed by atoms with Gasteiger partial charge in [0.2, 0.25) is 0 Å². The zero-order valence-corrected chi connectivity index (χ0v) is 18.3. The summed E-state index contributed by atoms with van der Waals surface area (Å²) in [5.41, 5.74) is 3.89. The maximum absolute atomic E-state index is 14.2. The Balaban J connectivity index is 1.67. The standard InChI is InChI=1S/C26H26FN3O2/c1-4-19(21-7-5-6-8-23(21)27)16-28-18(2)30-17-26(11-12-26)22-10-9-20(15-24(22)30)25(32)29(3)13-14-31/h4-10,14-16H,1,11-13,17H2,2-3H3/b19-16+,28-18?. The molecule has 2 aromatic rings. The third-order valence-corrected chi connectivity index (χ3v) is 6.30. The van der Waals surface area contributed by atoms with E-state index in [0.29, 0.717) is 23.0 Å². The highest BCUT2D eigenvalue weighted by Gasteiger charge is 2.52. The predicted octanol–water partition coefficient (Wildman–Crippen LogP) is 4.59. The van der Waals surface area contributed by atoms with Crippen LogP contribution in [0.1, 0.15) is 41.3 Å². The molecule has 4 rings (SSSR count). The number of nitrogens with zero attached hydrogens (tertiary/aromatic N) is 3. The van der Waals surface area contributed by atoms with Gasteiger partial charge in [0.05, 0.1) is 6.54 Å². The van der Waals surface area contributed by atoms with E-state index in [4.69, 9.17) is 0 Å². The van der Waals surface area contributed by atoms with Crippen molar-refractivity contribution in [1.82, 2.24) is 4.90 Å². The summed E-state index contributed by atoms with van der Waals surface area (Å²) in [6, 6.07) is 12.3. The molecule has 0 bridgehead atoms. The van der Waals surface area contributed by atoms with Crippen molar-refractivity contribution in [3.8, 4) is 0 Å². The van der Waals surface area contributed by atoms with Gasteiger partial charge >= 0.3 is 0 Å². The van der Waals surface area contributed by atoms with Crippen LogP contribution >= 0.6 is 0 Å². The Morgan fingerprint density at radius 1 is 1.28 bits per heavy atom. The molecule has 0 unspecified atom stereocenters. The maximum Gasteiger partial charge on any atom is 0.254 e. The van der Waals surface area contributed by atoms with Crippen molar-refractivity contribution >= 4 is 29.3 Å². The molecule has 164 valence electrons. The summed E-state index contributed by atoms with van der Waals surface area (Å²) in [5, 5.41) is 0. The molecule has 1 fully saturated rings. The smallest absolute Gasteiger partial charge is 0.254 e. The molecular formula is C26H26FN3O2. The summed E-state index contributed by atoms with van der Waals surface area (Å²) in [5.74, 6) is 0.244. The van der Waals surface area contributed by atoms with Crippen LogP contribution in [0.25, 0.3) is 5.57 Å². The fraction of sp³-hybridized carbons (Fsp3) is 0.269. The molecule has 5 nitrogen and oxygen atoms in total. The first kappa shape index (κ1) is 21.7. The van der Waals surface area contributed by atoms with Gasteiger partial charge in [-0.1, -0.05) is 36.9 Å². The van der Waals surface area contributed by atoms with Gasteiger partial charge in [0.1, 0.15) is 17.9 Å². The number of anilines is 1. The Morgan fingerprint density at radius 3 is 2.69 bits per heavy atom. The number of carbonyl (C=O) groups is 2. The number of aldehydes is 1. The minimum Gasteiger partial charge on any atom is -0.335 e. The number of fused-ring (bicyclic) bond motifs is 2. The van der Waals surface area contributed by atoms with Crippen LogP contribution in [0.4, 0.5) is 10.1 Å². The van der Waals surface area contributed by atoms with Crippen LogP contribution in [0, 0.1) is 5.82 Å². The summed E-state index contributed by atoms with van der Waals surface area (Å²) in [4.78, 5) is 31.6. The van der Waals surface area contributed by atoms with Crippen LogP contribution in [0.3, 0.4) is 0 Å². The molecule has 2 aliphatic rings. The van der Waals surface area contributed by atoms with E-state index in [1.54, 1.807) is 37.5 Å². The third-order valence-electron chi connectivity index (χ3n) is 6.30. The third kappa shape index (κ3) is 3.88. The van der Waals surface area contributed by atoms with Crippen LogP contribution in [0.15, 0.2) is 66.3 Å². The number of rotatable bonds is 6. The molecule has 0 aromatic heterocycles. The van der Waals surface area contributed by atoms with Crippen LogP contribution in [0.2, 0.25) is 0 Å². The van der Waals surface area contributed by atoms with Crippen molar-refractivity contribution in [2.24, 2.45) is 4.99 Å². The highest BCUT2D eigenvalue weighted by Crippen LogP contribution is 2.56. The molecule has 1 amide bonds. The number of likely N-dealkylation sites (N-methyl/N-ethyl adjacent to an activating group) is 1. The van der Waals surface area contributed by atoms with Gasteiger partial charge in [0, 0.05) is 47.6 Å². The molecule has 6 heteroatoms. The second-order valence-corrected chi connectivity index (χ2v) is 8.40. The first-order valence-corrected chi connectivity index (χ1v) is 10.6. The highest BCUT2D eigenvalue weighted by molar-refractivity contribution is 6.02. The lowest BCUT2D eigenvalue weighted by Gasteiger charge is -2.20. The van der Waals surface area contributed by atoms with E-state index in [-0.39, 0.29) is 23.7 Å². The van der Waals surface area contributed by atoms with Gasteiger partial charge in [-0.05, 0) is 43.5 Å². The molecular weight excluding hydrogens is 405 g/mol. The van der Waals surface area contributed by atoms with Crippen molar-refractivity contribution in [3.05, 3.63) is 83.8 Å². The number of amides is 1. The monoisotopic (exact) mass is 431 g/mol. The predicted molar refractivity (Wildman–Crippen MR) is 125 cm³/mol. The number of amidine groups is 1. The van der Waals surface area contributed by atoms with E-state index in [1.165, 1.54) is 16.5 Å². The second kappa shape index (κ2) is 8.54.